The molecule has 19 heavy (non-hydrogen) atoms. The first-order valence-electron chi connectivity index (χ1n) is 7.68. The summed E-state index contributed by atoms with van der Waals surface area (Å²) < 4.78 is 0. The lowest BCUT2D eigenvalue weighted by Crippen LogP contribution is -2.70. The number of carbonyl (C=O) groups excluding carboxylic acids is 2. The van der Waals surface area contributed by atoms with Crippen molar-refractivity contribution in [3.05, 3.63) is 0 Å². The topological polar surface area (TPSA) is 49.4 Å². The molecule has 0 bridgehead atoms. The molecule has 0 spiro atoms. The first-order valence-corrected chi connectivity index (χ1v) is 7.68. The van der Waals surface area contributed by atoms with Gasteiger partial charge >= 0.3 is 0 Å². The third-order valence-corrected chi connectivity index (χ3v) is 4.66. The molecule has 2 unspecified atom stereocenters. The second-order valence-corrected chi connectivity index (χ2v) is 6.05. The van der Waals surface area contributed by atoms with Gasteiger partial charge in [0.25, 0.3) is 0 Å². The molecule has 2 aliphatic rings. The van der Waals surface area contributed by atoms with Crippen LogP contribution in [0, 0.1) is 5.92 Å². The Bertz CT molecular complexity index is 365. The quantitative estimate of drug-likeness (QED) is 0.748. The summed E-state index contributed by atoms with van der Waals surface area (Å²) in [6.07, 6.45) is 6.05. The van der Waals surface area contributed by atoms with Crippen LogP contribution in [0.25, 0.3) is 0 Å². The van der Waals surface area contributed by atoms with E-state index in [0.717, 1.165) is 38.6 Å². The van der Waals surface area contributed by atoms with Gasteiger partial charge in [0.1, 0.15) is 11.6 Å². The zero-order chi connectivity index (χ0) is 14.0. The Hall–Kier alpha value is -1.06. The van der Waals surface area contributed by atoms with Gasteiger partial charge in [0, 0.05) is 6.54 Å². The van der Waals surface area contributed by atoms with Gasteiger partial charge in [-0.05, 0) is 38.5 Å². The minimum Gasteiger partial charge on any atom is -0.342 e. The van der Waals surface area contributed by atoms with E-state index in [1.165, 1.54) is 0 Å². The number of rotatable bonds is 6. The fourth-order valence-corrected chi connectivity index (χ4v) is 3.10. The number of nitrogens with one attached hydrogen (secondary N) is 1. The molecule has 108 valence electrons. The second-order valence-electron chi connectivity index (χ2n) is 6.05. The largest absolute Gasteiger partial charge is 0.342 e. The van der Waals surface area contributed by atoms with E-state index in [1.807, 2.05) is 18.7 Å². The summed E-state index contributed by atoms with van der Waals surface area (Å²) in [6, 6.07) is -0.319. The molecule has 0 aromatic heterocycles. The third kappa shape index (κ3) is 2.49. The average Bonchev–Trinajstić information content (AvgIpc) is 3.22. The lowest BCUT2D eigenvalue weighted by molar-refractivity contribution is -0.158. The lowest BCUT2D eigenvalue weighted by Gasteiger charge is -2.46. The molecule has 0 aromatic carbocycles. The Morgan fingerprint density at radius 2 is 1.95 bits per heavy atom. The number of nitrogens with zero attached hydrogens (tertiary/aromatic N) is 1. The summed E-state index contributed by atoms with van der Waals surface area (Å²) in [7, 11) is 0. The molecule has 4 heteroatoms. The van der Waals surface area contributed by atoms with E-state index in [2.05, 4.69) is 12.2 Å². The van der Waals surface area contributed by atoms with Crippen LogP contribution >= 0.6 is 0 Å². The molecule has 4 nitrogen and oxygen atoms in total. The Balaban J connectivity index is 2.18. The van der Waals surface area contributed by atoms with E-state index < -0.39 is 5.54 Å². The van der Waals surface area contributed by atoms with Crippen LogP contribution in [-0.2, 0) is 9.59 Å². The van der Waals surface area contributed by atoms with Crippen molar-refractivity contribution in [3.8, 4) is 0 Å². The van der Waals surface area contributed by atoms with Crippen LogP contribution in [0.3, 0.4) is 0 Å². The van der Waals surface area contributed by atoms with Gasteiger partial charge in [-0.3, -0.25) is 9.59 Å². The lowest BCUT2D eigenvalue weighted by atomic mass is 9.87. The molecule has 0 radical (unpaired) electrons. The van der Waals surface area contributed by atoms with Gasteiger partial charge in [0.05, 0.1) is 0 Å². The van der Waals surface area contributed by atoms with Crippen LogP contribution in [0.1, 0.15) is 59.3 Å². The van der Waals surface area contributed by atoms with Crippen molar-refractivity contribution >= 4 is 11.8 Å². The van der Waals surface area contributed by atoms with E-state index in [9.17, 15) is 9.59 Å². The monoisotopic (exact) mass is 266 g/mol. The summed E-state index contributed by atoms with van der Waals surface area (Å²) in [5, 5.41) is 2.92. The number of piperazine rings is 1. The molecule has 1 N–H and O–H groups in total. The predicted molar refractivity (Wildman–Crippen MR) is 74.6 cm³/mol. The smallest absolute Gasteiger partial charge is 0.246 e. The maximum absolute atomic E-state index is 12.6. The number of hydrogen-bond donors (Lipinski definition) is 1. The average molecular weight is 266 g/mol. The molecular formula is C15H26N2O2. The molecule has 1 aliphatic carbocycles. The first-order chi connectivity index (χ1) is 9.05. The summed E-state index contributed by atoms with van der Waals surface area (Å²) in [4.78, 5) is 26.9. The van der Waals surface area contributed by atoms with Crippen LogP contribution in [0.5, 0.6) is 0 Å². The minimum atomic E-state index is -0.601. The summed E-state index contributed by atoms with van der Waals surface area (Å²) in [6.45, 7) is 6.78. The van der Waals surface area contributed by atoms with Gasteiger partial charge in [-0.1, -0.05) is 26.7 Å². The van der Waals surface area contributed by atoms with Crippen molar-refractivity contribution in [1.29, 1.82) is 0 Å². The molecule has 0 aromatic rings. The SMILES string of the molecule is CCCCCN1C(=O)C(CC)NC(=O)C1(C)C1CC1. The first kappa shape index (κ1) is 14.4. The molecule has 1 saturated carbocycles. The highest BCUT2D eigenvalue weighted by Crippen LogP contribution is 2.45. The molecule has 2 atom stereocenters. The molecular weight excluding hydrogens is 240 g/mol. The van der Waals surface area contributed by atoms with E-state index in [0.29, 0.717) is 12.3 Å². The molecule has 2 amide bonds. The number of amides is 2. The van der Waals surface area contributed by atoms with Crippen LogP contribution < -0.4 is 5.32 Å². The molecule has 1 aliphatic heterocycles. The highest BCUT2D eigenvalue weighted by molar-refractivity contribution is 6.00. The number of hydrogen-bond acceptors (Lipinski definition) is 2. The van der Waals surface area contributed by atoms with Crippen LogP contribution in [0.4, 0.5) is 0 Å². The molecule has 1 heterocycles. The van der Waals surface area contributed by atoms with Crippen molar-refractivity contribution in [1.82, 2.24) is 10.2 Å². The van der Waals surface area contributed by atoms with Crippen molar-refractivity contribution in [2.45, 2.75) is 70.9 Å². The predicted octanol–water partition coefficient (Wildman–Crippen LogP) is 2.08. The number of unbranched alkanes of at least 4 members (excludes halogenated alkanes) is 2. The Morgan fingerprint density at radius 1 is 1.26 bits per heavy atom. The molecule has 1 saturated heterocycles. The second kappa shape index (κ2) is 5.51. The van der Waals surface area contributed by atoms with E-state index in [-0.39, 0.29) is 17.9 Å². The highest BCUT2D eigenvalue weighted by atomic mass is 16.2. The van der Waals surface area contributed by atoms with Crippen molar-refractivity contribution in [3.63, 3.8) is 0 Å². The van der Waals surface area contributed by atoms with Gasteiger partial charge < -0.3 is 10.2 Å². The maximum atomic E-state index is 12.6. The maximum Gasteiger partial charge on any atom is 0.246 e. The summed E-state index contributed by atoms with van der Waals surface area (Å²) >= 11 is 0. The van der Waals surface area contributed by atoms with Gasteiger partial charge in [0.2, 0.25) is 11.8 Å². The van der Waals surface area contributed by atoms with E-state index in [4.69, 9.17) is 0 Å². The van der Waals surface area contributed by atoms with Crippen LogP contribution in [0.15, 0.2) is 0 Å². The molecule has 2 rings (SSSR count). The Morgan fingerprint density at radius 3 is 2.47 bits per heavy atom. The Kier molecular flexibility index (Phi) is 4.16. The van der Waals surface area contributed by atoms with Gasteiger partial charge in [-0.15, -0.1) is 0 Å². The Labute approximate surface area is 115 Å². The fraction of sp³-hybridized carbons (Fsp3) is 0.867. The van der Waals surface area contributed by atoms with Crippen molar-refractivity contribution in [2.24, 2.45) is 5.92 Å². The zero-order valence-corrected chi connectivity index (χ0v) is 12.4. The summed E-state index contributed by atoms with van der Waals surface area (Å²) in [5.41, 5.74) is -0.601. The number of carbonyl (C=O) groups is 2. The molecule has 2 fully saturated rings. The van der Waals surface area contributed by atoms with Crippen molar-refractivity contribution < 1.29 is 9.59 Å². The minimum absolute atomic E-state index is 0.0537. The van der Waals surface area contributed by atoms with Gasteiger partial charge in [-0.25, -0.2) is 0 Å². The van der Waals surface area contributed by atoms with E-state index in [1.54, 1.807) is 0 Å². The zero-order valence-electron chi connectivity index (χ0n) is 12.4. The van der Waals surface area contributed by atoms with E-state index >= 15 is 0 Å². The van der Waals surface area contributed by atoms with Gasteiger partial charge in [-0.2, -0.15) is 0 Å². The third-order valence-electron chi connectivity index (χ3n) is 4.66. The van der Waals surface area contributed by atoms with Crippen LogP contribution in [-0.4, -0.2) is 34.8 Å². The van der Waals surface area contributed by atoms with Crippen LogP contribution in [0.2, 0.25) is 0 Å². The van der Waals surface area contributed by atoms with Gasteiger partial charge in [0.15, 0.2) is 0 Å². The standard InChI is InChI=1S/C15H26N2O2/c1-4-6-7-10-17-13(18)12(5-2)16-14(19)15(17,3)11-8-9-11/h11-12H,4-10H2,1-3H3,(H,16,19). The highest BCUT2D eigenvalue weighted by Gasteiger charge is 2.56. The summed E-state index contributed by atoms with van der Waals surface area (Å²) in [5.74, 6) is 0.529. The van der Waals surface area contributed by atoms with Crippen molar-refractivity contribution in [2.75, 3.05) is 6.54 Å². The fourth-order valence-electron chi connectivity index (χ4n) is 3.10. The normalized spacial score (nSPS) is 31.5.